The number of aryl methyl sites for hydroxylation is 1. The summed E-state index contributed by atoms with van der Waals surface area (Å²) in [6.45, 7) is 2.80. The molecule has 0 bridgehead atoms. The van der Waals surface area contributed by atoms with Crippen molar-refractivity contribution in [3.63, 3.8) is 0 Å². The normalized spacial score (nSPS) is 10.3. The summed E-state index contributed by atoms with van der Waals surface area (Å²) in [7, 11) is 5.62. The van der Waals surface area contributed by atoms with Crippen LogP contribution in [-0.2, 0) is 6.54 Å². The molecule has 0 radical (unpaired) electrons. The van der Waals surface area contributed by atoms with E-state index in [1.165, 1.54) is 5.56 Å². The number of hydrogen-bond donors (Lipinski definition) is 1. The lowest BCUT2D eigenvalue weighted by atomic mass is 10.2. The fourth-order valence-corrected chi connectivity index (χ4v) is 2.53. The largest absolute Gasteiger partial charge is 0.480 e. The molecule has 4 nitrogen and oxygen atoms in total. The lowest BCUT2D eigenvalue weighted by Gasteiger charge is -2.06. The molecule has 0 saturated carbocycles. The maximum Gasteiger partial charge on any atom is 0.231 e. The highest BCUT2D eigenvalue weighted by molar-refractivity contribution is 7.15. The van der Waals surface area contributed by atoms with Crippen LogP contribution in [0.25, 0.3) is 0 Å². The zero-order valence-corrected chi connectivity index (χ0v) is 12.5. The third-order valence-electron chi connectivity index (χ3n) is 2.73. The number of thiazole rings is 1. The van der Waals surface area contributed by atoms with Crippen LogP contribution in [0.2, 0.25) is 0 Å². The molecule has 0 spiro atoms. The number of methoxy groups -OCH3 is 1. The highest BCUT2D eigenvalue weighted by atomic mass is 32.1. The van der Waals surface area contributed by atoms with E-state index in [0.29, 0.717) is 5.88 Å². The zero-order chi connectivity index (χ0) is 13.8. The van der Waals surface area contributed by atoms with Gasteiger partial charge in [0, 0.05) is 19.8 Å². The standard InChI is InChI=1S/C14H19N3OS/c1-10-5-7-11(8-6-10)15-9-12-13(18-4)16-14(19-12)17(2)3/h5-8,15H,9H2,1-4H3. The van der Waals surface area contributed by atoms with Crippen molar-refractivity contribution in [3.8, 4) is 5.88 Å². The van der Waals surface area contributed by atoms with E-state index >= 15 is 0 Å². The van der Waals surface area contributed by atoms with Crippen molar-refractivity contribution in [1.29, 1.82) is 0 Å². The van der Waals surface area contributed by atoms with Gasteiger partial charge in [-0.15, -0.1) is 0 Å². The van der Waals surface area contributed by atoms with Gasteiger partial charge in [-0.1, -0.05) is 29.0 Å². The molecule has 0 aliphatic carbocycles. The predicted octanol–water partition coefficient (Wildman–Crippen LogP) is 3.14. The van der Waals surface area contributed by atoms with Gasteiger partial charge in [-0.2, -0.15) is 4.98 Å². The molecule has 1 aromatic carbocycles. The van der Waals surface area contributed by atoms with Crippen LogP contribution in [0.5, 0.6) is 5.88 Å². The first-order valence-electron chi connectivity index (χ1n) is 6.11. The Morgan fingerprint density at radius 2 is 1.95 bits per heavy atom. The average molecular weight is 277 g/mol. The van der Waals surface area contributed by atoms with E-state index in [4.69, 9.17) is 4.74 Å². The molecule has 0 amide bonds. The van der Waals surface area contributed by atoms with Crippen LogP contribution < -0.4 is 15.0 Å². The van der Waals surface area contributed by atoms with Gasteiger partial charge in [0.05, 0.1) is 18.5 Å². The second-order valence-electron chi connectivity index (χ2n) is 4.54. The average Bonchev–Trinajstić information content (AvgIpc) is 2.81. The van der Waals surface area contributed by atoms with Gasteiger partial charge in [-0.05, 0) is 19.1 Å². The SMILES string of the molecule is COc1nc(N(C)C)sc1CNc1ccc(C)cc1. The molecule has 0 unspecified atom stereocenters. The summed E-state index contributed by atoms with van der Waals surface area (Å²) in [5.74, 6) is 0.702. The van der Waals surface area contributed by atoms with Gasteiger partial charge in [-0.3, -0.25) is 0 Å². The molecule has 0 fully saturated rings. The van der Waals surface area contributed by atoms with Gasteiger partial charge in [0.2, 0.25) is 5.88 Å². The monoisotopic (exact) mass is 277 g/mol. The lowest BCUT2D eigenvalue weighted by Crippen LogP contribution is -2.07. The minimum Gasteiger partial charge on any atom is -0.480 e. The maximum atomic E-state index is 5.32. The molecule has 102 valence electrons. The highest BCUT2D eigenvalue weighted by Crippen LogP contribution is 2.30. The summed E-state index contributed by atoms with van der Waals surface area (Å²) in [6, 6.07) is 8.35. The Balaban J connectivity index is 2.08. The molecule has 19 heavy (non-hydrogen) atoms. The number of nitrogens with one attached hydrogen (secondary N) is 1. The minimum absolute atomic E-state index is 0.702. The smallest absolute Gasteiger partial charge is 0.231 e. The summed E-state index contributed by atoms with van der Waals surface area (Å²) in [5.41, 5.74) is 2.36. The van der Waals surface area contributed by atoms with Gasteiger partial charge in [0.15, 0.2) is 5.13 Å². The van der Waals surface area contributed by atoms with Crippen molar-refractivity contribution in [3.05, 3.63) is 34.7 Å². The summed E-state index contributed by atoms with van der Waals surface area (Å²) in [5, 5.41) is 4.34. The van der Waals surface area contributed by atoms with Crippen LogP contribution in [0, 0.1) is 6.92 Å². The van der Waals surface area contributed by atoms with Crippen LogP contribution in [0.1, 0.15) is 10.4 Å². The number of hydrogen-bond acceptors (Lipinski definition) is 5. The number of benzene rings is 1. The third kappa shape index (κ3) is 3.38. The van der Waals surface area contributed by atoms with Gasteiger partial charge in [0.1, 0.15) is 0 Å². The number of nitrogens with zero attached hydrogens (tertiary/aromatic N) is 2. The molecule has 5 heteroatoms. The van der Waals surface area contributed by atoms with Crippen LogP contribution in [0.15, 0.2) is 24.3 Å². The Morgan fingerprint density at radius 1 is 1.26 bits per heavy atom. The molecule has 2 aromatic rings. The molecule has 1 heterocycles. The van der Waals surface area contributed by atoms with Gasteiger partial charge >= 0.3 is 0 Å². The Hall–Kier alpha value is -1.75. The van der Waals surface area contributed by atoms with Gasteiger partial charge in [0.25, 0.3) is 0 Å². The number of ether oxygens (including phenoxy) is 1. The van der Waals surface area contributed by atoms with Gasteiger partial charge < -0.3 is 15.0 Å². The molecular weight excluding hydrogens is 258 g/mol. The van der Waals surface area contributed by atoms with E-state index in [2.05, 4.69) is 41.5 Å². The van der Waals surface area contributed by atoms with Crippen LogP contribution >= 0.6 is 11.3 Å². The molecule has 2 rings (SSSR count). The number of anilines is 2. The minimum atomic E-state index is 0.702. The van der Waals surface area contributed by atoms with E-state index in [-0.39, 0.29) is 0 Å². The Bertz CT molecular complexity index is 534. The van der Waals surface area contributed by atoms with Crippen LogP contribution in [0.4, 0.5) is 10.8 Å². The van der Waals surface area contributed by atoms with Crippen LogP contribution in [0.3, 0.4) is 0 Å². The summed E-state index contributed by atoms with van der Waals surface area (Å²) >= 11 is 1.64. The van der Waals surface area contributed by atoms with E-state index in [1.807, 2.05) is 19.0 Å². The van der Waals surface area contributed by atoms with E-state index < -0.39 is 0 Å². The third-order valence-corrected chi connectivity index (χ3v) is 3.94. The summed E-state index contributed by atoms with van der Waals surface area (Å²) in [6.07, 6.45) is 0. The van der Waals surface area contributed by atoms with E-state index in [0.717, 1.165) is 22.2 Å². The van der Waals surface area contributed by atoms with Gasteiger partial charge in [-0.25, -0.2) is 0 Å². The quantitative estimate of drug-likeness (QED) is 0.911. The Labute approximate surface area is 118 Å². The summed E-state index contributed by atoms with van der Waals surface area (Å²) in [4.78, 5) is 7.53. The lowest BCUT2D eigenvalue weighted by molar-refractivity contribution is 0.397. The van der Waals surface area contributed by atoms with Crippen LogP contribution in [-0.4, -0.2) is 26.2 Å². The number of rotatable bonds is 5. The molecule has 0 aliphatic rings. The maximum absolute atomic E-state index is 5.32. The van der Waals surface area contributed by atoms with Crippen molar-refractivity contribution in [1.82, 2.24) is 4.98 Å². The molecule has 0 saturated heterocycles. The molecule has 1 aromatic heterocycles. The Morgan fingerprint density at radius 3 is 2.53 bits per heavy atom. The topological polar surface area (TPSA) is 37.4 Å². The first-order valence-corrected chi connectivity index (χ1v) is 6.93. The van der Waals surface area contributed by atoms with Crippen molar-refractivity contribution < 1.29 is 4.74 Å². The van der Waals surface area contributed by atoms with Crippen molar-refractivity contribution in [2.24, 2.45) is 0 Å². The number of aromatic nitrogens is 1. The van der Waals surface area contributed by atoms with Crippen molar-refractivity contribution >= 4 is 22.2 Å². The highest BCUT2D eigenvalue weighted by Gasteiger charge is 2.12. The summed E-state index contributed by atoms with van der Waals surface area (Å²) < 4.78 is 5.32. The molecule has 0 aliphatic heterocycles. The molecular formula is C14H19N3OS. The predicted molar refractivity (Wildman–Crippen MR) is 81.5 cm³/mol. The van der Waals surface area contributed by atoms with E-state index in [9.17, 15) is 0 Å². The van der Waals surface area contributed by atoms with E-state index in [1.54, 1.807) is 18.4 Å². The Kier molecular flexibility index (Phi) is 4.27. The second-order valence-corrected chi connectivity index (χ2v) is 5.60. The molecule has 1 N–H and O–H groups in total. The first kappa shape index (κ1) is 13.7. The zero-order valence-electron chi connectivity index (χ0n) is 11.7. The fourth-order valence-electron chi connectivity index (χ4n) is 1.64. The second kappa shape index (κ2) is 5.93. The first-order chi connectivity index (χ1) is 9.10. The van der Waals surface area contributed by atoms with Crippen molar-refractivity contribution in [2.75, 3.05) is 31.4 Å². The fraction of sp³-hybridized carbons (Fsp3) is 0.357. The van der Waals surface area contributed by atoms with Crippen molar-refractivity contribution in [2.45, 2.75) is 13.5 Å². The molecule has 0 atom stereocenters.